The van der Waals surface area contributed by atoms with Crippen molar-refractivity contribution >= 4 is 17.7 Å². The van der Waals surface area contributed by atoms with Crippen molar-refractivity contribution in [3.8, 4) is 0 Å². The average Bonchev–Trinajstić information content (AvgIpc) is 2.70. The van der Waals surface area contributed by atoms with Gasteiger partial charge in [0, 0.05) is 25.4 Å². The Labute approximate surface area is 162 Å². The van der Waals surface area contributed by atoms with Gasteiger partial charge < -0.3 is 20.5 Å². The second-order valence-electron chi connectivity index (χ2n) is 6.54. The standard InChI is InChI=1S/C20H34N4O3/c1-5-20(6-2,12-13-25)15-23-18(21-7-3)22-14-16-8-10-17(11-9-16)24-19(26)27-4/h8-11,25H,5-7,12-15H2,1-4H3,(H,24,26)(H2,21,22,23). The first-order valence-electron chi connectivity index (χ1n) is 9.59. The highest BCUT2D eigenvalue weighted by Crippen LogP contribution is 2.29. The van der Waals surface area contributed by atoms with Crippen molar-refractivity contribution in [3.05, 3.63) is 29.8 Å². The number of hydrogen-bond acceptors (Lipinski definition) is 4. The van der Waals surface area contributed by atoms with Crippen LogP contribution in [0.5, 0.6) is 0 Å². The molecule has 0 spiro atoms. The molecule has 0 radical (unpaired) electrons. The van der Waals surface area contributed by atoms with E-state index in [0.717, 1.165) is 43.9 Å². The number of aliphatic hydroxyl groups is 1. The van der Waals surface area contributed by atoms with Crippen molar-refractivity contribution in [3.63, 3.8) is 0 Å². The van der Waals surface area contributed by atoms with E-state index in [1.807, 2.05) is 31.2 Å². The normalized spacial score (nSPS) is 11.8. The van der Waals surface area contributed by atoms with Gasteiger partial charge in [0.15, 0.2) is 5.96 Å². The summed E-state index contributed by atoms with van der Waals surface area (Å²) in [4.78, 5) is 15.9. The summed E-state index contributed by atoms with van der Waals surface area (Å²) in [6.45, 7) is 8.63. The fourth-order valence-corrected chi connectivity index (χ4v) is 2.82. The Morgan fingerprint density at radius 2 is 1.81 bits per heavy atom. The largest absolute Gasteiger partial charge is 0.453 e. The molecule has 27 heavy (non-hydrogen) atoms. The summed E-state index contributed by atoms with van der Waals surface area (Å²) < 4.78 is 4.58. The van der Waals surface area contributed by atoms with Crippen molar-refractivity contribution in [1.29, 1.82) is 0 Å². The van der Waals surface area contributed by atoms with Gasteiger partial charge in [-0.15, -0.1) is 0 Å². The number of carbonyl (C=O) groups excluding carboxylic acids is 1. The molecule has 0 saturated carbocycles. The number of aliphatic imine (C=N–C) groups is 1. The first kappa shape index (κ1) is 22.8. The molecule has 0 fully saturated rings. The minimum Gasteiger partial charge on any atom is -0.453 e. The van der Waals surface area contributed by atoms with Crippen LogP contribution in [0.25, 0.3) is 0 Å². The van der Waals surface area contributed by atoms with Gasteiger partial charge in [0.2, 0.25) is 0 Å². The zero-order valence-electron chi connectivity index (χ0n) is 17.0. The van der Waals surface area contributed by atoms with Crippen LogP contribution in [0.4, 0.5) is 10.5 Å². The van der Waals surface area contributed by atoms with Gasteiger partial charge in [-0.1, -0.05) is 26.0 Å². The molecule has 0 bridgehead atoms. The number of ether oxygens (including phenoxy) is 1. The number of nitrogens with one attached hydrogen (secondary N) is 3. The number of guanidine groups is 1. The Balaban J connectivity index is 2.71. The van der Waals surface area contributed by atoms with E-state index >= 15 is 0 Å². The van der Waals surface area contributed by atoms with Gasteiger partial charge in [-0.05, 0) is 49.3 Å². The van der Waals surface area contributed by atoms with Crippen molar-refractivity contribution in [1.82, 2.24) is 10.6 Å². The first-order chi connectivity index (χ1) is 13.0. The van der Waals surface area contributed by atoms with Crippen molar-refractivity contribution < 1.29 is 14.6 Å². The van der Waals surface area contributed by atoms with Crippen LogP contribution in [0.15, 0.2) is 29.3 Å². The second kappa shape index (κ2) is 12.2. The monoisotopic (exact) mass is 378 g/mol. The topological polar surface area (TPSA) is 95.0 Å². The molecule has 1 rings (SSSR count). The van der Waals surface area contributed by atoms with Gasteiger partial charge in [-0.2, -0.15) is 0 Å². The molecule has 0 aliphatic heterocycles. The van der Waals surface area contributed by atoms with E-state index in [2.05, 4.69) is 39.5 Å². The molecule has 0 saturated heterocycles. The van der Waals surface area contributed by atoms with Crippen LogP contribution in [-0.4, -0.2) is 44.0 Å². The molecule has 0 aliphatic carbocycles. The number of anilines is 1. The molecular formula is C20H34N4O3. The van der Waals surface area contributed by atoms with Crippen LogP contribution < -0.4 is 16.0 Å². The molecule has 7 heteroatoms. The summed E-state index contributed by atoms with van der Waals surface area (Å²) in [5.41, 5.74) is 1.79. The Hall–Kier alpha value is -2.28. The maximum absolute atomic E-state index is 11.2. The second-order valence-corrected chi connectivity index (χ2v) is 6.54. The third kappa shape index (κ3) is 7.86. The van der Waals surface area contributed by atoms with E-state index < -0.39 is 6.09 Å². The Kier molecular flexibility index (Phi) is 10.3. The van der Waals surface area contributed by atoms with Gasteiger partial charge in [-0.3, -0.25) is 5.32 Å². The van der Waals surface area contributed by atoms with Gasteiger partial charge in [0.1, 0.15) is 0 Å². The van der Waals surface area contributed by atoms with E-state index in [4.69, 9.17) is 0 Å². The molecule has 4 N–H and O–H groups in total. The van der Waals surface area contributed by atoms with E-state index in [9.17, 15) is 9.90 Å². The number of nitrogens with zero attached hydrogens (tertiary/aromatic N) is 1. The third-order valence-corrected chi connectivity index (χ3v) is 4.92. The molecule has 7 nitrogen and oxygen atoms in total. The van der Waals surface area contributed by atoms with E-state index in [-0.39, 0.29) is 12.0 Å². The summed E-state index contributed by atoms with van der Waals surface area (Å²) >= 11 is 0. The maximum atomic E-state index is 11.2. The Morgan fingerprint density at radius 3 is 2.33 bits per heavy atom. The Morgan fingerprint density at radius 1 is 1.15 bits per heavy atom. The van der Waals surface area contributed by atoms with Gasteiger partial charge in [0.05, 0.1) is 13.7 Å². The number of carbonyl (C=O) groups is 1. The zero-order valence-corrected chi connectivity index (χ0v) is 17.0. The highest BCUT2D eigenvalue weighted by molar-refractivity contribution is 5.84. The lowest BCUT2D eigenvalue weighted by molar-refractivity contribution is 0.169. The highest BCUT2D eigenvalue weighted by atomic mass is 16.5. The SMILES string of the molecule is CCNC(=NCc1ccc(NC(=O)OC)cc1)NCC(CC)(CC)CCO. The summed E-state index contributed by atoms with van der Waals surface area (Å²) in [6, 6.07) is 7.49. The maximum Gasteiger partial charge on any atom is 0.411 e. The summed E-state index contributed by atoms with van der Waals surface area (Å²) in [7, 11) is 1.33. The molecule has 1 amide bonds. The van der Waals surface area contributed by atoms with E-state index in [1.54, 1.807) is 0 Å². The molecular weight excluding hydrogens is 344 g/mol. The average molecular weight is 379 g/mol. The lowest BCUT2D eigenvalue weighted by Crippen LogP contribution is -2.43. The van der Waals surface area contributed by atoms with Gasteiger partial charge in [-0.25, -0.2) is 9.79 Å². The first-order valence-corrected chi connectivity index (χ1v) is 9.59. The molecule has 1 aromatic carbocycles. The molecule has 0 atom stereocenters. The number of hydrogen-bond donors (Lipinski definition) is 4. The fraction of sp³-hybridized carbons (Fsp3) is 0.600. The van der Waals surface area contributed by atoms with Crippen LogP contribution in [0.3, 0.4) is 0 Å². The lowest BCUT2D eigenvalue weighted by Gasteiger charge is -2.32. The Bertz CT molecular complexity index is 583. The molecule has 0 aliphatic rings. The predicted octanol–water partition coefficient (Wildman–Crippen LogP) is 3.11. The smallest absolute Gasteiger partial charge is 0.411 e. The number of methoxy groups -OCH3 is 1. The van der Waals surface area contributed by atoms with Gasteiger partial charge in [0.25, 0.3) is 0 Å². The number of benzene rings is 1. The lowest BCUT2D eigenvalue weighted by atomic mass is 9.79. The van der Waals surface area contributed by atoms with Crippen LogP contribution in [0.2, 0.25) is 0 Å². The van der Waals surface area contributed by atoms with Crippen molar-refractivity contribution in [2.24, 2.45) is 10.4 Å². The van der Waals surface area contributed by atoms with Crippen LogP contribution in [0.1, 0.15) is 45.6 Å². The summed E-state index contributed by atoms with van der Waals surface area (Å²) in [5.74, 6) is 0.762. The van der Waals surface area contributed by atoms with E-state index in [0.29, 0.717) is 12.2 Å². The number of amides is 1. The predicted molar refractivity (Wildman–Crippen MR) is 110 cm³/mol. The molecule has 0 aromatic heterocycles. The van der Waals surface area contributed by atoms with Crippen molar-refractivity contribution in [2.75, 3.05) is 32.1 Å². The highest BCUT2D eigenvalue weighted by Gasteiger charge is 2.25. The summed E-state index contributed by atoms with van der Waals surface area (Å²) in [6.07, 6.45) is 2.30. The summed E-state index contributed by atoms with van der Waals surface area (Å²) in [5, 5.41) is 18.7. The molecule has 0 heterocycles. The zero-order chi connectivity index (χ0) is 20.1. The fourth-order valence-electron chi connectivity index (χ4n) is 2.82. The van der Waals surface area contributed by atoms with Crippen LogP contribution in [-0.2, 0) is 11.3 Å². The number of rotatable bonds is 10. The molecule has 1 aromatic rings. The van der Waals surface area contributed by atoms with Crippen LogP contribution >= 0.6 is 0 Å². The molecule has 0 unspecified atom stereocenters. The van der Waals surface area contributed by atoms with Gasteiger partial charge >= 0.3 is 6.09 Å². The minimum atomic E-state index is -0.488. The number of aliphatic hydroxyl groups excluding tert-OH is 1. The minimum absolute atomic E-state index is 0.0755. The van der Waals surface area contributed by atoms with E-state index in [1.165, 1.54) is 7.11 Å². The quantitative estimate of drug-likeness (QED) is 0.371. The molecule has 152 valence electrons. The third-order valence-electron chi connectivity index (χ3n) is 4.92. The van der Waals surface area contributed by atoms with Crippen molar-refractivity contribution in [2.45, 2.75) is 46.6 Å². The van der Waals surface area contributed by atoms with Crippen LogP contribution in [0, 0.1) is 5.41 Å².